The molecule has 24 heavy (non-hydrogen) atoms. The normalized spacial score (nSPS) is 22.2. The van der Waals surface area contributed by atoms with Crippen LogP contribution in [0.4, 0.5) is 5.69 Å². The lowest BCUT2D eigenvalue weighted by Crippen LogP contribution is -2.38. The van der Waals surface area contributed by atoms with Gasteiger partial charge in [-0.2, -0.15) is 0 Å². The number of carbonyl (C=O) groups is 1. The molecule has 8 heteroatoms. The number of carbonyl (C=O) groups excluding carboxylic acids is 1. The number of hydrogen-bond acceptors (Lipinski definition) is 6. The molecule has 0 aliphatic carbocycles. The SMILES string of the molecule is CN(CC(=O)Nc1ccc2c(c1)OCCCO2)[C@@H]1CCS(=O)(=O)C1. The molecular weight excluding hydrogens is 332 g/mol. The number of ether oxygens (including phenoxy) is 2. The Balaban J connectivity index is 1.58. The van der Waals surface area contributed by atoms with Crippen molar-refractivity contribution in [3.8, 4) is 11.5 Å². The summed E-state index contributed by atoms with van der Waals surface area (Å²) in [6.07, 6.45) is 1.40. The first-order valence-electron chi connectivity index (χ1n) is 8.03. The van der Waals surface area contributed by atoms with E-state index < -0.39 is 9.84 Å². The van der Waals surface area contributed by atoms with Gasteiger partial charge in [0.05, 0.1) is 31.3 Å². The van der Waals surface area contributed by atoms with Crippen molar-refractivity contribution >= 4 is 21.4 Å². The van der Waals surface area contributed by atoms with Crippen LogP contribution >= 0.6 is 0 Å². The van der Waals surface area contributed by atoms with Gasteiger partial charge in [-0.05, 0) is 25.6 Å². The van der Waals surface area contributed by atoms with E-state index in [0.717, 1.165) is 6.42 Å². The summed E-state index contributed by atoms with van der Waals surface area (Å²) in [6.45, 7) is 1.35. The molecule has 0 bridgehead atoms. The molecule has 1 N–H and O–H groups in total. The van der Waals surface area contributed by atoms with Crippen LogP contribution in [0.15, 0.2) is 18.2 Å². The van der Waals surface area contributed by atoms with Gasteiger partial charge < -0.3 is 14.8 Å². The average Bonchev–Trinajstić information content (AvgIpc) is 2.74. The van der Waals surface area contributed by atoms with E-state index in [0.29, 0.717) is 36.8 Å². The van der Waals surface area contributed by atoms with Gasteiger partial charge in [-0.15, -0.1) is 0 Å². The molecule has 2 heterocycles. The number of nitrogens with one attached hydrogen (secondary N) is 1. The first kappa shape index (κ1) is 17.0. The minimum Gasteiger partial charge on any atom is -0.490 e. The number of amides is 1. The molecular formula is C16H22N2O5S. The third kappa shape index (κ3) is 4.18. The lowest BCUT2D eigenvalue weighted by atomic mass is 10.2. The molecule has 0 radical (unpaired) electrons. The van der Waals surface area contributed by atoms with Crippen molar-refractivity contribution in [3.05, 3.63) is 18.2 Å². The van der Waals surface area contributed by atoms with E-state index in [1.54, 1.807) is 30.1 Å². The van der Waals surface area contributed by atoms with Crippen LogP contribution in [0.5, 0.6) is 11.5 Å². The minimum atomic E-state index is -2.95. The molecule has 0 saturated carbocycles. The molecule has 1 atom stereocenters. The number of rotatable bonds is 4. The third-order valence-corrected chi connectivity index (χ3v) is 6.01. The number of likely N-dealkylation sites (N-methyl/N-ethyl adjacent to an activating group) is 1. The zero-order chi connectivity index (χ0) is 17.2. The maximum absolute atomic E-state index is 12.2. The van der Waals surface area contributed by atoms with E-state index in [1.165, 1.54) is 0 Å². The van der Waals surface area contributed by atoms with Crippen molar-refractivity contribution in [1.29, 1.82) is 0 Å². The number of sulfone groups is 1. The summed E-state index contributed by atoms with van der Waals surface area (Å²) in [5.41, 5.74) is 0.636. The zero-order valence-electron chi connectivity index (χ0n) is 13.7. The van der Waals surface area contributed by atoms with Gasteiger partial charge in [0.15, 0.2) is 21.3 Å². The van der Waals surface area contributed by atoms with E-state index in [2.05, 4.69) is 5.32 Å². The molecule has 0 spiro atoms. The summed E-state index contributed by atoms with van der Waals surface area (Å²) < 4.78 is 34.2. The van der Waals surface area contributed by atoms with Gasteiger partial charge in [-0.3, -0.25) is 9.69 Å². The Labute approximate surface area is 141 Å². The van der Waals surface area contributed by atoms with Crippen LogP contribution in [0.25, 0.3) is 0 Å². The Hall–Kier alpha value is -1.80. The topological polar surface area (TPSA) is 84.9 Å². The molecule has 3 rings (SSSR count). The predicted molar refractivity (Wildman–Crippen MR) is 90.4 cm³/mol. The molecule has 0 aromatic heterocycles. The second-order valence-electron chi connectivity index (χ2n) is 6.23. The molecule has 1 amide bonds. The average molecular weight is 354 g/mol. The van der Waals surface area contributed by atoms with Crippen LogP contribution in [0.3, 0.4) is 0 Å². The van der Waals surface area contributed by atoms with Crippen molar-refractivity contribution in [2.45, 2.75) is 18.9 Å². The van der Waals surface area contributed by atoms with Crippen LogP contribution in [-0.4, -0.2) is 63.6 Å². The zero-order valence-corrected chi connectivity index (χ0v) is 14.5. The monoisotopic (exact) mass is 354 g/mol. The van der Waals surface area contributed by atoms with Crippen molar-refractivity contribution < 1.29 is 22.7 Å². The van der Waals surface area contributed by atoms with Gasteiger partial charge in [-0.1, -0.05) is 0 Å². The standard InChI is InChI=1S/C16H22N2O5S/c1-18(13-5-8-24(20,21)11-13)10-16(19)17-12-3-4-14-15(9-12)23-7-2-6-22-14/h3-4,9,13H,2,5-8,10-11H2,1H3,(H,17,19)/t13-/m1/s1. The van der Waals surface area contributed by atoms with Crippen LogP contribution in [0, 0.1) is 0 Å². The highest BCUT2D eigenvalue weighted by Crippen LogP contribution is 2.32. The van der Waals surface area contributed by atoms with E-state index in [1.807, 2.05) is 0 Å². The largest absolute Gasteiger partial charge is 0.490 e. The number of nitrogens with zero attached hydrogens (tertiary/aromatic N) is 1. The van der Waals surface area contributed by atoms with E-state index in [9.17, 15) is 13.2 Å². The summed E-state index contributed by atoms with van der Waals surface area (Å²) in [5, 5.41) is 2.82. The molecule has 1 aromatic rings. The third-order valence-electron chi connectivity index (χ3n) is 4.26. The second kappa shape index (κ2) is 6.98. The first-order valence-corrected chi connectivity index (χ1v) is 9.85. The smallest absolute Gasteiger partial charge is 0.238 e. The quantitative estimate of drug-likeness (QED) is 0.865. The van der Waals surface area contributed by atoms with Crippen LogP contribution in [-0.2, 0) is 14.6 Å². The second-order valence-corrected chi connectivity index (χ2v) is 8.46. The minimum absolute atomic E-state index is 0.0930. The van der Waals surface area contributed by atoms with Crippen molar-refractivity contribution in [1.82, 2.24) is 4.90 Å². The van der Waals surface area contributed by atoms with Gasteiger partial charge in [-0.25, -0.2) is 8.42 Å². The Morgan fingerprint density at radius 3 is 2.75 bits per heavy atom. The molecule has 2 aliphatic heterocycles. The number of hydrogen-bond donors (Lipinski definition) is 1. The molecule has 1 saturated heterocycles. The van der Waals surface area contributed by atoms with Gasteiger partial charge >= 0.3 is 0 Å². The van der Waals surface area contributed by atoms with E-state index >= 15 is 0 Å². The van der Waals surface area contributed by atoms with Crippen molar-refractivity contribution in [2.24, 2.45) is 0 Å². The maximum Gasteiger partial charge on any atom is 0.238 e. The summed E-state index contributed by atoms with van der Waals surface area (Å²) in [5.74, 6) is 1.45. The van der Waals surface area contributed by atoms with E-state index in [-0.39, 0.29) is 30.0 Å². The molecule has 1 fully saturated rings. The number of benzene rings is 1. The molecule has 0 unspecified atom stereocenters. The fraction of sp³-hybridized carbons (Fsp3) is 0.562. The highest BCUT2D eigenvalue weighted by atomic mass is 32.2. The Morgan fingerprint density at radius 2 is 2.04 bits per heavy atom. The van der Waals surface area contributed by atoms with E-state index in [4.69, 9.17) is 9.47 Å². The van der Waals surface area contributed by atoms with Gasteiger partial charge in [0.1, 0.15) is 0 Å². The summed E-state index contributed by atoms with van der Waals surface area (Å²) in [7, 11) is -1.18. The Morgan fingerprint density at radius 1 is 1.29 bits per heavy atom. The highest BCUT2D eigenvalue weighted by Gasteiger charge is 2.31. The molecule has 132 valence electrons. The Bertz CT molecular complexity index is 719. The van der Waals surface area contributed by atoms with Gasteiger partial charge in [0, 0.05) is 24.2 Å². The van der Waals surface area contributed by atoms with Crippen molar-refractivity contribution in [3.63, 3.8) is 0 Å². The van der Waals surface area contributed by atoms with Crippen LogP contribution < -0.4 is 14.8 Å². The number of fused-ring (bicyclic) bond motifs is 1. The molecule has 7 nitrogen and oxygen atoms in total. The fourth-order valence-electron chi connectivity index (χ4n) is 2.92. The summed E-state index contributed by atoms with van der Waals surface area (Å²) in [6, 6.07) is 5.21. The molecule has 2 aliphatic rings. The molecule has 1 aromatic carbocycles. The summed E-state index contributed by atoms with van der Waals surface area (Å²) in [4.78, 5) is 14.0. The number of anilines is 1. The highest BCUT2D eigenvalue weighted by molar-refractivity contribution is 7.91. The lowest BCUT2D eigenvalue weighted by molar-refractivity contribution is -0.117. The van der Waals surface area contributed by atoms with Crippen LogP contribution in [0.2, 0.25) is 0 Å². The van der Waals surface area contributed by atoms with Crippen LogP contribution in [0.1, 0.15) is 12.8 Å². The Kier molecular flexibility index (Phi) is 4.96. The fourth-order valence-corrected chi connectivity index (χ4v) is 4.73. The van der Waals surface area contributed by atoms with Crippen molar-refractivity contribution in [2.75, 3.05) is 43.6 Å². The summed E-state index contributed by atoms with van der Waals surface area (Å²) >= 11 is 0. The van der Waals surface area contributed by atoms with Gasteiger partial charge in [0.2, 0.25) is 5.91 Å². The first-order chi connectivity index (χ1) is 11.4. The maximum atomic E-state index is 12.2. The van der Waals surface area contributed by atoms with Gasteiger partial charge in [0.25, 0.3) is 0 Å². The lowest BCUT2D eigenvalue weighted by Gasteiger charge is -2.22. The predicted octanol–water partition coefficient (Wildman–Crippen LogP) is 0.905.